The predicted molar refractivity (Wildman–Crippen MR) is 102 cm³/mol. The Labute approximate surface area is 162 Å². The highest BCUT2D eigenvalue weighted by Crippen LogP contribution is 2.40. The van der Waals surface area contributed by atoms with Crippen molar-refractivity contribution in [1.82, 2.24) is 4.90 Å². The van der Waals surface area contributed by atoms with Crippen LogP contribution in [0.4, 0.5) is 0 Å². The standard InChI is InChI=1S/C20H19Cl2NO3/c1-25-18-10-14(13-4-5-16(21)17(22)9-13)8-15-11-23(6-7-26-19(15)18)20(24)12-2-3-12/h4-5,8-10,12H,2-3,6-7,11H2,1H3. The molecular weight excluding hydrogens is 373 g/mol. The smallest absolute Gasteiger partial charge is 0.226 e. The minimum absolute atomic E-state index is 0.191. The van der Waals surface area contributed by atoms with Gasteiger partial charge in [-0.25, -0.2) is 0 Å². The largest absolute Gasteiger partial charge is 0.493 e. The Kier molecular flexibility index (Phi) is 4.72. The van der Waals surface area contributed by atoms with E-state index in [2.05, 4.69) is 0 Å². The van der Waals surface area contributed by atoms with E-state index < -0.39 is 0 Å². The number of hydrogen-bond acceptors (Lipinski definition) is 3. The number of methoxy groups -OCH3 is 1. The van der Waals surface area contributed by atoms with Crippen LogP contribution < -0.4 is 9.47 Å². The van der Waals surface area contributed by atoms with Crippen molar-refractivity contribution in [3.63, 3.8) is 0 Å². The third-order valence-electron chi connectivity index (χ3n) is 4.81. The van der Waals surface area contributed by atoms with Crippen LogP contribution in [-0.4, -0.2) is 31.1 Å². The number of nitrogens with zero attached hydrogens (tertiary/aromatic N) is 1. The third-order valence-corrected chi connectivity index (χ3v) is 5.55. The summed E-state index contributed by atoms with van der Waals surface area (Å²) in [5, 5.41) is 1.02. The Hall–Kier alpha value is -1.91. The van der Waals surface area contributed by atoms with Gasteiger partial charge < -0.3 is 14.4 Å². The van der Waals surface area contributed by atoms with E-state index >= 15 is 0 Å². The van der Waals surface area contributed by atoms with Gasteiger partial charge in [-0.2, -0.15) is 0 Å². The van der Waals surface area contributed by atoms with Gasteiger partial charge in [-0.15, -0.1) is 0 Å². The van der Waals surface area contributed by atoms with E-state index in [1.165, 1.54) is 0 Å². The molecule has 1 saturated carbocycles. The molecule has 2 aliphatic rings. The van der Waals surface area contributed by atoms with Gasteiger partial charge in [-0.1, -0.05) is 29.3 Å². The van der Waals surface area contributed by atoms with Crippen molar-refractivity contribution in [2.45, 2.75) is 19.4 Å². The molecule has 0 N–H and O–H groups in total. The molecule has 4 rings (SSSR count). The summed E-state index contributed by atoms with van der Waals surface area (Å²) >= 11 is 12.2. The lowest BCUT2D eigenvalue weighted by molar-refractivity contribution is -0.133. The SMILES string of the molecule is COc1cc(-c2ccc(Cl)c(Cl)c2)cc2c1OCCN(C(=O)C1CC1)C2. The van der Waals surface area contributed by atoms with Gasteiger partial charge in [0, 0.05) is 18.0 Å². The summed E-state index contributed by atoms with van der Waals surface area (Å²) in [6.07, 6.45) is 1.99. The number of carbonyl (C=O) groups excluding carboxylic acids is 1. The van der Waals surface area contributed by atoms with Gasteiger partial charge in [0.05, 0.1) is 23.7 Å². The first-order valence-corrected chi connectivity index (χ1v) is 9.40. The lowest BCUT2D eigenvalue weighted by atomic mass is 10.0. The first-order valence-electron chi connectivity index (χ1n) is 8.64. The molecular formula is C20H19Cl2NO3. The van der Waals surface area contributed by atoms with Crippen LogP contribution in [0.2, 0.25) is 10.0 Å². The maximum Gasteiger partial charge on any atom is 0.226 e. The van der Waals surface area contributed by atoms with Crippen molar-refractivity contribution >= 4 is 29.1 Å². The van der Waals surface area contributed by atoms with E-state index in [1.54, 1.807) is 13.2 Å². The van der Waals surface area contributed by atoms with E-state index in [-0.39, 0.29) is 11.8 Å². The van der Waals surface area contributed by atoms with Gasteiger partial charge in [-0.3, -0.25) is 4.79 Å². The number of ether oxygens (including phenoxy) is 2. The normalized spacial score (nSPS) is 16.5. The number of amides is 1. The van der Waals surface area contributed by atoms with Crippen LogP contribution in [0.1, 0.15) is 18.4 Å². The zero-order valence-corrected chi connectivity index (χ0v) is 15.9. The lowest BCUT2D eigenvalue weighted by Crippen LogP contribution is -2.33. The Balaban J connectivity index is 1.74. The fourth-order valence-corrected chi connectivity index (χ4v) is 3.55. The molecule has 2 aromatic carbocycles. The maximum atomic E-state index is 12.5. The van der Waals surface area contributed by atoms with Gasteiger partial charge in [0.25, 0.3) is 0 Å². The molecule has 1 aliphatic heterocycles. The van der Waals surface area contributed by atoms with Crippen LogP contribution in [0.15, 0.2) is 30.3 Å². The van der Waals surface area contributed by atoms with E-state index in [9.17, 15) is 4.79 Å². The molecule has 1 aliphatic carbocycles. The minimum Gasteiger partial charge on any atom is -0.493 e. The summed E-state index contributed by atoms with van der Waals surface area (Å²) in [6.45, 7) is 1.58. The van der Waals surface area contributed by atoms with E-state index in [0.29, 0.717) is 41.2 Å². The molecule has 4 nitrogen and oxygen atoms in total. The summed E-state index contributed by atoms with van der Waals surface area (Å²) in [6, 6.07) is 9.49. The molecule has 0 atom stereocenters. The van der Waals surface area contributed by atoms with E-state index in [4.69, 9.17) is 32.7 Å². The third kappa shape index (κ3) is 3.36. The van der Waals surface area contributed by atoms with Crippen LogP contribution in [-0.2, 0) is 11.3 Å². The molecule has 1 fully saturated rings. The van der Waals surface area contributed by atoms with Crippen LogP contribution in [0.5, 0.6) is 11.5 Å². The van der Waals surface area contributed by atoms with Crippen molar-refractivity contribution in [2.24, 2.45) is 5.92 Å². The molecule has 26 heavy (non-hydrogen) atoms. The summed E-state index contributed by atoms with van der Waals surface area (Å²) in [5.41, 5.74) is 2.82. The monoisotopic (exact) mass is 391 g/mol. The molecule has 6 heteroatoms. The molecule has 1 amide bonds. The molecule has 1 heterocycles. The van der Waals surface area contributed by atoms with Gasteiger partial charge in [-0.05, 0) is 48.2 Å². The van der Waals surface area contributed by atoms with Crippen molar-refractivity contribution in [1.29, 1.82) is 0 Å². The molecule has 0 saturated heterocycles. The number of rotatable bonds is 3. The number of fused-ring (bicyclic) bond motifs is 1. The Morgan fingerprint density at radius 3 is 2.65 bits per heavy atom. The fourth-order valence-electron chi connectivity index (χ4n) is 3.25. The first kappa shape index (κ1) is 17.5. The van der Waals surface area contributed by atoms with Crippen molar-refractivity contribution in [3.8, 4) is 22.6 Å². The van der Waals surface area contributed by atoms with E-state index in [0.717, 1.165) is 29.5 Å². The summed E-state index contributed by atoms with van der Waals surface area (Å²) in [7, 11) is 1.62. The summed E-state index contributed by atoms with van der Waals surface area (Å²) < 4.78 is 11.5. The topological polar surface area (TPSA) is 38.8 Å². The van der Waals surface area contributed by atoms with Crippen molar-refractivity contribution < 1.29 is 14.3 Å². The zero-order chi connectivity index (χ0) is 18.3. The second-order valence-electron chi connectivity index (χ2n) is 6.68. The average Bonchev–Trinajstić information content (AvgIpc) is 3.48. The van der Waals surface area contributed by atoms with Crippen LogP contribution in [0, 0.1) is 5.92 Å². The minimum atomic E-state index is 0.191. The summed E-state index contributed by atoms with van der Waals surface area (Å²) in [4.78, 5) is 14.4. The predicted octanol–water partition coefficient (Wildman–Crippen LogP) is 4.80. The Morgan fingerprint density at radius 2 is 1.96 bits per heavy atom. The second kappa shape index (κ2) is 7.01. The highest BCUT2D eigenvalue weighted by molar-refractivity contribution is 6.42. The van der Waals surface area contributed by atoms with Crippen LogP contribution in [0.25, 0.3) is 11.1 Å². The van der Waals surface area contributed by atoms with E-state index in [1.807, 2.05) is 29.2 Å². The Morgan fingerprint density at radius 1 is 1.15 bits per heavy atom. The lowest BCUT2D eigenvalue weighted by Gasteiger charge is -2.20. The van der Waals surface area contributed by atoms with Crippen molar-refractivity contribution in [2.75, 3.05) is 20.3 Å². The maximum absolute atomic E-state index is 12.5. The summed E-state index contributed by atoms with van der Waals surface area (Å²) in [5.74, 6) is 1.78. The average molecular weight is 392 g/mol. The van der Waals surface area contributed by atoms with Gasteiger partial charge in [0.2, 0.25) is 5.91 Å². The molecule has 2 aromatic rings. The van der Waals surface area contributed by atoms with Crippen LogP contribution in [0.3, 0.4) is 0 Å². The van der Waals surface area contributed by atoms with Crippen LogP contribution >= 0.6 is 23.2 Å². The molecule has 0 spiro atoms. The first-order chi connectivity index (χ1) is 12.6. The molecule has 0 unspecified atom stereocenters. The second-order valence-corrected chi connectivity index (χ2v) is 7.49. The number of benzene rings is 2. The van der Waals surface area contributed by atoms with Crippen molar-refractivity contribution in [3.05, 3.63) is 45.9 Å². The fraction of sp³-hybridized carbons (Fsp3) is 0.350. The molecule has 136 valence electrons. The highest BCUT2D eigenvalue weighted by atomic mass is 35.5. The molecule has 0 aromatic heterocycles. The molecule has 0 bridgehead atoms. The molecule has 0 radical (unpaired) electrons. The number of halogens is 2. The number of carbonyl (C=O) groups is 1. The quantitative estimate of drug-likeness (QED) is 0.753. The zero-order valence-electron chi connectivity index (χ0n) is 14.4. The van der Waals surface area contributed by atoms with Gasteiger partial charge in [0.1, 0.15) is 6.61 Å². The Bertz CT molecular complexity index is 864. The van der Waals surface area contributed by atoms with Gasteiger partial charge >= 0.3 is 0 Å². The highest BCUT2D eigenvalue weighted by Gasteiger charge is 2.34. The number of hydrogen-bond donors (Lipinski definition) is 0. The van der Waals surface area contributed by atoms with Gasteiger partial charge in [0.15, 0.2) is 11.5 Å².